The van der Waals surface area contributed by atoms with Crippen molar-refractivity contribution in [3.05, 3.63) is 0 Å². The highest BCUT2D eigenvalue weighted by Crippen LogP contribution is 2.33. The molecule has 1 aliphatic rings. The minimum atomic E-state index is -0.507. The van der Waals surface area contributed by atoms with Crippen LogP contribution in [0, 0.1) is 5.41 Å². The second-order valence-electron chi connectivity index (χ2n) is 6.14. The van der Waals surface area contributed by atoms with E-state index in [9.17, 15) is 9.90 Å². The van der Waals surface area contributed by atoms with Crippen LogP contribution in [0.4, 0.5) is 4.79 Å². The number of ether oxygens (including phenoxy) is 1. The molecule has 0 aromatic heterocycles. The molecule has 1 amide bonds. The summed E-state index contributed by atoms with van der Waals surface area (Å²) < 4.78 is 5.34. The van der Waals surface area contributed by atoms with E-state index in [4.69, 9.17) is 9.84 Å². The summed E-state index contributed by atoms with van der Waals surface area (Å²) in [6.45, 7) is 6.64. The Morgan fingerprint density at radius 1 is 1.39 bits per heavy atom. The largest absolute Gasteiger partial charge is 0.444 e. The minimum Gasteiger partial charge on any atom is -0.444 e. The van der Waals surface area contributed by atoms with Crippen molar-refractivity contribution in [1.29, 1.82) is 0 Å². The first-order valence-corrected chi connectivity index (χ1v) is 6.52. The number of carbonyl (C=O) groups excluding carboxylic acids is 1. The Labute approximate surface area is 109 Å². The van der Waals surface area contributed by atoms with Crippen molar-refractivity contribution in [1.82, 2.24) is 4.90 Å². The molecule has 0 aliphatic carbocycles. The summed E-state index contributed by atoms with van der Waals surface area (Å²) in [4.78, 5) is 13.6. The number of rotatable bonds is 3. The molecular formula is C13H25NO4. The molecule has 1 rings (SSSR count). The van der Waals surface area contributed by atoms with E-state index in [1.165, 1.54) is 0 Å². The van der Waals surface area contributed by atoms with Gasteiger partial charge >= 0.3 is 6.09 Å². The van der Waals surface area contributed by atoms with E-state index in [2.05, 4.69) is 0 Å². The van der Waals surface area contributed by atoms with Crippen molar-refractivity contribution >= 4 is 6.09 Å². The van der Waals surface area contributed by atoms with Gasteiger partial charge in [0.1, 0.15) is 5.60 Å². The lowest BCUT2D eigenvalue weighted by Gasteiger charge is -2.41. The van der Waals surface area contributed by atoms with Gasteiger partial charge in [-0.15, -0.1) is 0 Å². The van der Waals surface area contributed by atoms with Crippen LogP contribution in [-0.2, 0) is 4.74 Å². The minimum absolute atomic E-state index is 0.00709. The molecule has 1 atom stereocenters. The van der Waals surface area contributed by atoms with Crippen LogP contribution in [-0.4, -0.2) is 53.1 Å². The number of amides is 1. The summed E-state index contributed by atoms with van der Waals surface area (Å²) in [7, 11) is 0. The van der Waals surface area contributed by atoms with Crippen LogP contribution >= 0.6 is 0 Å². The summed E-state index contributed by atoms with van der Waals surface area (Å²) in [5.41, 5.74) is -0.878. The lowest BCUT2D eigenvalue weighted by molar-refractivity contribution is -0.0158. The summed E-state index contributed by atoms with van der Waals surface area (Å²) in [6, 6.07) is 0. The van der Waals surface area contributed by atoms with Gasteiger partial charge in [0.05, 0.1) is 6.61 Å². The molecule has 1 heterocycles. The van der Waals surface area contributed by atoms with E-state index in [0.717, 1.165) is 12.8 Å². The van der Waals surface area contributed by atoms with Gasteiger partial charge in [-0.2, -0.15) is 0 Å². The van der Waals surface area contributed by atoms with Gasteiger partial charge in [-0.3, -0.25) is 0 Å². The first-order chi connectivity index (χ1) is 8.32. The van der Waals surface area contributed by atoms with Gasteiger partial charge in [0.25, 0.3) is 0 Å². The molecule has 0 saturated carbocycles. The molecule has 5 heteroatoms. The molecule has 18 heavy (non-hydrogen) atoms. The molecular weight excluding hydrogens is 234 g/mol. The Balaban J connectivity index is 2.65. The number of carbonyl (C=O) groups is 1. The number of likely N-dealkylation sites (tertiary alicyclic amines) is 1. The standard InChI is InChI=1S/C13H25NO4/c1-12(2,3)18-11(17)14-7-4-5-13(9-14,10-16)6-8-15/h15-16H,4-10H2,1-3H3/t13-/m0/s1. The third-order valence-electron chi connectivity index (χ3n) is 3.29. The van der Waals surface area contributed by atoms with Crippen molar-refractivity contribution in [2.75, 3.05) is 26.3 Å². The van der Waals surface area contributed by atoms with Crippen LogP contribution in [0.3, 0.4) is 0 Å². The zero-order chi connectivity index (χ0) is 13.8. The van der Waals surface area contributed by atoms with Gasteiger partial charge in [-0.1, -0.05) is 0 Å². The highest BCUT2D eigenvalue weighted by Gasteiger charge is 2.37. The third kappa shape index (κ3) is 4.14. The Kier molecular flexibility index (Phi) is 4.99. The smallest absolute Gasteiger partial charge is 0.410 e. The molecule has 0 unspecified atom stereocenters. The first-order valence-electron chi connectivity index (χ1n) is 6.52. The Hall–Kier alpha value is -0.810. The number of nitrogens with zero attached hydrogens (tertiary/aromatic N) is 1. The normalized spacial score (nSPS) is 25.1. The van der Waals surface area contributed by atoms with Gasteiger partial charge < -0.3 is 19.8 Å². The van der Waals surface area contributed by atoms with E-state index < -0.39 is 5.60 Å². The highest BCUT2D eigenvalue weighted by molar-refractivity contribution is 5.68. The van der Waals surface area contributed by atoms with E-state index in [1.807, 2.05) is 20.8 Å². The van der Waals surface area contributed by atoms with Gasteiger partial charge in [0, 0.05) is 25.1 Å². The summed E-state index contributed by atoms with van der Waals surface area (Å²) in [5.74, 6) is 0. The molecule has 0 aromatic carbocycles. The van der Waals surface area contributed by atoms with Crippen molar-refractivity contribution in [2.45, 2.75) is 45.6 Å². The van der Waals surface area contributed by atoms with Crippen molar-refractivity contribution in [2.24, 2.45) is 5.41 Å². The van der Waals surface area contributed by atoms with Gasteiger partial charge in [0.2, 0.25) is 0 Å². The molecule has 106 valence electrons. The number of hydrogen-bond donors (Lipinski definition) is 2. The zero-order valence-electron chi connectivity index (χ0n) is 11.6. The number of aliphatic hydroxyl groups excluding tert-OH is 2. The lowest BCUT2D eigenvalue weighted by atomic mass is 9.78. The van der Waals surface area contributed by atoms with Crippen LogP contribution in [0.2, 0.25) is 0 Å². The predicted octanol–water partition coefficient (Wildman–Crippen LogP) is 1.38. The van der Waals surface area contributed by atoms with Crippen LogP contribution in [0.5, 0.6) is 0 Å². The van der Waals surface area contributed by atoms with Gasteiger partial charge in [0.15, 0.2) is 0 Å². The third-order valence-corrected chi connectivity index (χ3v) is 3.29. The van der Waals surface area contributed by atoms with E-state index in [1.54, 1.807) is 4.90 Å². The predicted molar refractivity (Wildman–Crippen MR) is 68.3 cm³/mol. The fourth-order valence-electron chi connectivity index (χ4n) is 2.34. The Bertz CT molecular complexity index is 283. The maximum atomic E-state index is 12.0. The molecule has 0 bridgehead atoms. The van der Waals surface area contributed by atoms with Crippen molar-refractivity contribution in [3.8, 4) is 0 Å². The van der Waals surface area contributed by atoms with Gasteiger partial charge in [-0.25, -0.2) is 4.79 Å². The molecule has 1 saturated heterocycles. The van der Waals surface area contributed by atoms with Crippen LogP contribution in [0.25, 0.3) is 0 Å². The fourth-order valence-corrected chi connectivity index (χ4v) is 2.34. The molecule has 2 N–H and O–H groups in total. The second-order valence-corrected chi connectivity index (χ2v) is 6.14. The molecule has 1 aliphatic heterocycles. The topological polar surface area (TPSA) is 70.0 Å². The van der Waals surface area contributed by atoms with E-state index in [-0.39, 0.29) is 24.7 Å². The maximum absolute atomic E-state index is 12.0. The fraction of sp³-hybridized carbons (Fsp3) is 0.923. The van der Waals surface area contributed by atoms with Crippen LogP contribution < -0.4 is 0 Å². The summed E-state index contributed by atoms with van der Waals surface area (Å²) >= 11 is 0. The zero-order valence-corrected chi connectivity index (χ0v) is 11.6. The van der Waals surface area contributed by atoms with Crippen LogP contribution in [0.1, 0.15) is 40.0 Å². The van der Waals surface area contributed by atoms with E-state index in [0.29, 0.717) is 19.5 Å². The van der Waals surface area contributed by atoms with Crippen LogP contribution in [0.15, 0.2) is 0 Å². The number of piperidine rings is 1. The molecule has 0 aromatic rings. The Morgan fingerprint density at radius 2 is 2.06 bits per heavy atom. The van der Waals surface area contributed by atoms with Crippen molar-refractivity contribution < 1.29 is 19.7 Å². The maximum Gasteiger partial charge on any atom is 0.410 e. The molecule has 5 nitrogen and oxygen atoms in total. The second kappa shape index (κ2) is 5.89. The number of hydrogen-bond acceptors (Lipinski definition) is 4. The average Bonchev–Trinajstić information content (AvgIpc) is 2.27. The number of aliphatic hydroxyl groups is 2. The Morgan fingerprint density at radius 3 is 2.56 bits per heavy atom. The SMILES string of the molecule is CC(C)(C)OC(=O)N1CCC[C@](CO)(CCO)C1. The molecule has 0 spiro atoms. The average molecular weight is 259 g/mol. The van der Waals surface area contributed by atoms with E-state index >= 15 is 0 Å². The quantitative estimate of drug-likeness (QED) is 0.803. The summed E-state index contributed by atoms with van der Waals surface area (Å²) in [5, 5.41) is 18.6. The monoisotopic (exact) mass is 259 g/mol. The highest BCUT2D eigenvalue weighted by atomic mass is 16.6. The van der Waals surface area contributed by atoms with Gasteiger partial charge in [-0.05, 0) is 40.0 Å². The molecule has 1 fully saturated rings. The molecule has 0 radical (unpaired) electrons. The lowest BCUT2D eigenvalue weighted by Crippen LogP contribution is -2.49. The van der Waals surface area contributed by atoms with Crippen molar-refractivity contribution in [3.63, 3.8) is 0 Å². The summed E-state index contributed by atoms with van der Waals surface area (Å²) in [6.07, 6.45) is 1.85. The first kappa shape index (κ1) is 15.2.